The summed E-state index contributed by atoms with van der Waals surface area (Å²) in [7, 11) is -3.24. The molecule has 1 aliphatic heterocycles. The van der Waals surface area contributed by atoms with Gasteiger partial charge in [0.2, 0.25) is 5.91 Å². The fourth-order valence-corrected chi connectivity index (χ4v) is 6.00. The summed E-state index contributed by atoms with van der Waals surface area (Å²) < 4.78 is 28.9. The quantitative estimate of drug-likeness (QED) is 0.310. The Kier molecular flexibility index (Phi) is 6.32. The first kappa shape index (κ1) is 21.7. The number of amides is 1. The predicted octanol–water partition coefficient (Wildman–Crippen LogP) is 2.96. The van der Waals surface area contributed by atoms with Crippen LogP contribution in [0.5, 0.6) is 0 Å². The predicted molar refractivity (Wildman–Crippen MR) is 112 cm³/mol. The summed E-state index contributed by atoms with van der Waals surface area (Å²) >= 11 is 1.05. The minimum Gasteiger partial charge on any atom is -0.462 e. The van der Waals surface area contributed by atoms with Crippen molar-refractivity contribution in [2.24, 2.45) is 0 Å². The number of thiophene rings is 1. The number of nitro groups is 1. The largest absolute Gasteiger partial charge is 0.462 e. The van der Waals surface area contributed by atoms with Gasteiger partial charge in [-0.05, 0) is 42.7 Å². The molecule has 1 aromatic heterocycles. The average molecular weight is 450 g/mol. The van der Waals surface area contributed by atoms with Crippen LogP contribution in [0.15, 0.2) is 30.3 Å². The second-order valence-electron chi connectivity index (χ2n) is 6.44. The molecule has 1 aliphatic rings. The van der Waals surface area contributed by atoms with Crippen molar-refractivity contribution in [3.05, 3.63) is 62.0 Å². The molecule has 11 heteroatoms. The summed E-state index contributed by atoms with van der Waals surface area (Å²) in [6.45, 7) is 1.81. The first-order valence-corrected chi connectivity index (χ1v) is 11.6. The van der Waals surface area contributed by atoms with E-state index in [4.69, 9.17) is 4.74 Å². The molecule has 0 saturated carbocycles. The second kappa shape index (κ2) is 8.76. The molecule has 1 amide bonds. The lowest BCUT2D eigenvalue weighted by atomic mass is 10.1. The molecule has 0 radical (unpaired) electrons. The number of fused-ring (bicyclic) bond motifs is 1. The number of ether oxygens (including phenoxy) is 1. The van der Waals surface area contributed by atoms with Gasteiger partial charge in [0.25, 0.3) is 5.69 Å². The maximum atomic E-state index is 12.4. The Bertz CT molecular complexity index is 1130. The van der Waals surface area contributed by atoms with Gasteiger partial charge in [-0.3, -0.25) is 14.9 Å². The highest BCUT2D eigenvalue weighted by Gasteiger charge is 2.31. The van der Waals surface area contributed by atoms with Gasteiger partial charge < -0.3 is 10.1 Å². The van der Waals surface area contributed by atoms with E-state index in [-0.39, 0.29) is 40.8 Å². The van der Waals surface area contributed by atoms with Crippen molar-refractivity contribution in [1.29, 1.82) is 0 Å². The van der Waals surface area contributed by atoms with Crippen LogP contribution in [0.2, 0.25) is 0 Å². The lowest BCUT2D eigenvalue weighted by molar-refractivity contribution is -0.384. The molecule has 1 aromatic carbocycles. The number of benzene rings is 1. The van der Waals surface area contributed by atoms with E-state index in [1.165, 1.54) is 36.4 Å². The number of carbonyl (C=O) groups is 2. The lowest BCUT2D eigenvalue weighted by Crippen LogP contribution is -2.20. The molecule has 0 fully saturated rings. The van der Waals surface area contributed by atoms with Crippen molar-refractivity contribution in [2.45, 2.75) is 19.1 Å². The van der Waals surface area contributed by atoms with Crippen LogP contribution in [0, 0.1) is 10.1 Å². The van der Waals surface area contributed by atoms with Crippen molar-refractivity contribution in [3.8, 4) is 0 Å². The van der Waals surface area contributed by atoms with Crippen LogP contribution >= 0.6 is 11.3 Å². The average Bonchev–Trinajstić information content (AvgIpc) is 3.02. The van der Waals surface area contributed by atoms with Crippen LogP contribution in [-0.4, -0.2) is 37.6 Å². The van der Waals surface area contributed by atoms with Crippen molar-refractivity contribution in [1.82, 2.24) is 0 Å². The number of hydrogen-bond acceptors (Lipinski definition) is 8. The molecular formula is C19H18N2O7S2. The molecule has 0 spiro atoms. The van der Waals surface area contributed by atoms with E-state index in [1.807, 2.05) is 0 Å². The molecule has 0 unspecified atom stereocenters. The van der Waals surface area contributed by atoms with Crippen molar-refractivity contribution in [2.75, 3.05) is 17.7 Å². The number of anilines is 1. The standard InChI is InChI=1S/C19H18N2O7S2/c1-2-28-19(23)17-14-9-10-30(26,27)11-15(14)29-18(17)20-16(22)8-5-12-3-6-13(7-4-12)21(24)25/h3-8H,2,9-11H2,1H3,(H,20,22)/b8-5+. The zero-order valence-corrected chi connectivity index (χ0v) is 17.5. The number of hydrogen-bond donors (Lipinski definition) is 1. The monoisotopic (exact) mass is 450 g/mol. The zero-order valence-electron chi connectivity index (χ0n) is 15.9. The van der Waals surface area contributed by atoms with E-state index in [2.05, 4.69) is 5.32 Å². The van der Waals surface area contributed by atoms with E-state index >= 15 is 0 Å². The summed E-state index contributed by atoms with van der Waals surface area (Å²) in [6, 6.07) is 5.65. The smallest absolute Gasteiger partial charge is 0.341 e. The molecule has 158 valence electrons. The molecule has 2 aromatic rings. The Morgan fingerprint density at radius 3 is 2.63 bits per heavy atom. The van der Waals surface area contributed by atoms with Crippen molar-refractivity contribution >= 4 is 49.8 Å². The third kappa shape index (κ3) is 4.92. The van der Waals surface area contributed by atoms with Crippen molar-refractivity contribution < 1.29 is 27.7 Å². The molecule has 0 atom stereocenters. The number of nitrogens with one attached hydrogen (secondary N) is 1. The third-order valence-electron chi connectivity index (χ3n) is 4.35. The Morgan fingerprint density at radius 2 is 2.00 bits per heavy atom. The van der Waals surface area contributed by atoms with Gasteiger partial charge in [-0.1, -0.05) is 0 Å². The molecule has 3 rings (SSSR count). The second-order valence-corrected chi connectivity index (χ2v) is 9.73. The SMILES string of the molecule is CCOC(=O)c1c(NC(=O)/C=C/c2ccc([N+](=O)[O-])cc2)sc2c1CCS(=O)(=O)C2. The Labute approximate surface area is 176 Å². The molecular weight excluding hydrogens is 432 g/mol. The normalized spacial score (nSPS) is 14.8. The van der Waals surface area contributed by atoms with Gasteiger partial charge in [0.1, 0.15) is 5.00 Å². The van der Waals surface area contributed by atoms with Crippen LogP contribution in [0.3, 0.4) is 0 Å². The Hall–Kier alpha value is -3.05. The summed E-state index contributed by atoms with van der Waals surface area (Å²) in [5, 5.41) is 13.6. The van der Waals surface area contributed by atoms with Crippen molar-refractivity contribution in [3.63, 3.8) is 0 Å². The zero-order chi connectivity index (χ0) is 21.9. The van der Waals surface area contributed by atoms with Gasteiger partial charge in [-0.2, -0.15) is 0 Å². The summed E-state index contributed by atoms with van der Waals surface area (Å²) in [5.41, 5.74) is 1.32. The fourth-order valence-electron chi connectivity index (χ4n) is 2.96. The van der Waals surface area contributed by atoms with E-state index in [0.29, 0.717) is 16.0 Å². The third-order valence-corrected chi connectivity index (χ3v) is 7.24. The van der Waals surface area contributed by atoms with E-state index < -0.39 is 26.6 Å². The van der Waals surface area contributed by atoms with Crippen LogP contribution in [0.4, 0.5) is 10.7 Å². The first-order valence-electron chi connectivity index (χ1n) is 8.95. The summed E-state index contributed by atoms with van der Waals surface area (Å²) in [6.07, 6.45) is 2.89. The molecule has 0 bridgehead atoms. The van der Waals surface area contributed by atoms with E-state index in [0.717, 1.165) is 11.3 Å². The number of non-ortho nitro benzene ring substituents is 1. The van der Waals surface area contributed by atoms with Crippen LogP contribution < -0.4 is 5.32 Å². The van der Waals surface area contributed by atoms with Gasteiger partial charge in [0, 0.05) is 23.1 Å². The molecule has 1 N–H and O–H groups in total. The highest BCUT2D eigenvalue weighted by Crippen LogP contribution is 2.38. The van der Waals surface area contributed by atoms with Gasteiger partial charge in [-0.25, -0.2) is 13.2 Å². The van der Waals surface area contributed by atoms with Gasteiger partial charge in [0.05, 0.1) is 28.6 Å². The fraction of sp³-hybridized carbons (Fsp3) is 0.263. The maximum absolute atomic E-state index is 12.4. The molecule has 0 saturated heterocycles. The van der Waals surface area contributed by atoms with E-state index in [9.17, 15) is 28.1 Å². The minimum atomic E-state index is -3.24. The number of nitrogens with zero attached hydrogens (tertiary/aromatic N) is 1. The number of carbonyl (C=O) groups excluding carboxylic acids is 2. The van der Waals surface area contributed by atoms with Gasteiger partial charge in [-0.15, -0.1) is 11.3 Å². The summed E-state index contributed by atoms with van der Waals surface area (Å²) in [5.74, 6) is -1.37. The number of sulfone groups is 1. The van der Waals surface area contributed by atoms with E-state index in [1.54, 1.807) is 6.92 Å². The van der Waals surface area contributed by atoms with Crippen LogP contribution in [0.1, 0.15) is 33.3 Å². The van der Waals surface area contributed by atoms with Crippen LogP contribution in [0.25, 0.3) is 6.08 Å². The maximum Gasteiger partial charge on any atom is 0.341 e. The topological polar surface area (TPSA) is 133 Å². The molecule has 2 heterocycles. The van der Waals surface area contributed by atoms with Gasteiger partial charge >= 0.3 is 5.97 Å². The highest BCUT2D eigenvalue weighted by atomic mass is 32.2. The number of rotatable bonds is 6. The first-order chi connectivity index (χ1) is 14.2. The van der Waals surface area contributed by atoms with Gasteiger partial charge in [0.15, 0.2) is 9.84 Å². The Balaban J connectivity index is 1.82. The molecule has 9 nitrogen and oxygen atoms in total. The minimum absolute atomic E-state index is 0.0590. The molecule has 0 aliphatic carbocycles. The number of esters is 1. The Morgan fingerprint density at radius 1 is 1.30 bits per heavy atom. The number of nitro benzene ring substituents is 1. The van der Waals surface area contributed by atoms with Crippen LogP contribution in [-0.2, 0) is 31.5 Å². The highest BCUT2D eigenvalue weighted by molar-refractivity contribution is 7.90. The summed E-state index contributed by atoms with van der Waals surface area (Å²) in [4.78, 5) is 35.5. The lowest BCUT2D eigenvalue weighted by Gasteiger charge is -2.13. The molecule has 30 heavy (non-hydrogen) atoms.